The molecular weight excluding hydrogens is 279 g/mol. The molecule has 5 heteroatoms. The number of hydrogen-bond acceptors (Lipinski definition) is 2. The zero-order valence-electron chi connectivity index (χ0n) is 13.6. The average molecular weight is 306 g/mol. The number of aliphatic imine (C=N–C) groups is 1. The molecule has 1 unspecified atom stereocenters. The molecule has 2 N–H and O–H groups in total. The van der Waals surface area contributed by atoms with Crippen LogP contribution in [0.3, 0.4) is 0 Å². The van der Waals surface area contributed by atoms with Crippen molar-refractivity contribution in [2.45, 2.75) is 38.8 Å². The number of halogens is 1. The fraction of sp³-hybridized carbons (Fsp3) is 0.588. The molecule has 1 fully saturated rings. The Balaban J connectivity index is 1.80. The van der Waals surface area contributed by atoms with Gasteiger partial charge in [0.15, 0.2) is 5.96 Å². The Morgan fingerprint density at radius 1 is 1.27 bits per heavy atom. The molecule has 1 heterocycles. The highest BCUT2D eigenvalue weighted by Gasteiger charge is 2.20. The van der Waals surface area contributed by atoms with Crippen molar-refractivity contribution in [1.29, 1.82) is 0 Å². The van der Waals surface area contributed by atoms with Crippen LogP contribution in [0.5, 0.6) is 0 Å². The van der Waals surface area contributed by atoms with E-state index in [4.69, 9.17) is 0 Å². The summed E-state index contributed by atoms with van der Waals surface area (Å²) in [7, 11) is 1.74. The van der Waals surface area contributed by atoms with Crippen molar-refractivity contribution in [3.05, 3.63) is 35.6 Å². The molecule has 0 aliphatic carbocycles. The van der Waals surface area contributed by atoms with Gasteiger partial charge in [0.25, 0.3) is 0 Å². The number of nitrogens with zero attached hydrogens (tertiary/aromatic N) is 2. The second-order valence-corrected chi connectivity index (χ2v) is 5.70. The van der Waals surface area contributed by atoms with Crippen LogP contribution in [0.4, 0.5) is 4.39 Å². The van der Waals surface area contributed by atoms with Crippen LogP contribution in [0.25, 0.3) is 0 Å². The lowest BCUT2D eigenvalue weighted by molar-refractivity contribution is 0.236. The van der Waals surface area contributed by atoms with Crippen molar-refractivity contribution in [2.24, 2.45) is 4.99 Å². The van der Waals surface area contributed by atoms with Gasteiger partial charge in [-0.3, -0.25) is 9.89 Å². The zero-order valence-corrected chi connectivity index (χ0v) is 13.6. The number of hydrogen-bond donors (Lipinski definition) is 2. The van der Waals surface area contributed by atoms with Gasteiger partial charge in [0, 0.05) is 31.7 Å². The molecule has 1 aromatic rings. The normalized spacial score (nSPS) is 17.5. The second kappa shape index (κ2) is 8.73. The molecule has 122 valence electrons. The SMILES string of the molecule is CCC(CNC(=NC)NCc1ccccc1F)N1CCCC1. The Kier molecular flexibility index (Phi) is 6.65. The fourth-order valence-corrected chi connectivity index (χ4v) is 2.89. The quantitative estimate of drug-likeness (QED) is 0.626. The van der Waals surface area contributed by atoms with Gasteiger partial charge < -0.3 is 10.6 Å². The molecule has 0 saturated carbocycles. The maximum atomic E-state index is 13.6. The fourth-order valence-electron chi connectivity index (χ4n) is 2.89. The molecule has 0 spiro atoms. The van der Waals surface area contributed by atoms with Crippen LogP contribution >= 0.6 is 0 Å². The first-order valence-corrected chi connectivity index (χ1v) is 8.16. The Morgan fingerprint density at radius 3 is 2.64 bits per heavy atom. The molecule has 0 radical (unpaired) electrons. The van der Waals surface area contributed by atoms with Gasteiger partial charge in [-0.2, -0.15) is 0 Å². The van der Waals surface area contributed by atoms with Crippen molar-refractivity contribution in [3.63, 3.8) is 0 Å². The minimum atomic E-state index is -0.186. The van der Waals surface area contributed by atoms with Gasteiger partial charge in [0.2, 0.25) is 0 Å². The highest BCUT2D eigenvalue weighted by molar-refractivity contribution is 5.79. The lowest BCUT2D eigenvalue weighted by atomic mass is 10.2. The number of nitrogens with one attached hydrogen (secondary N) is 2. The molecule has 2 rings (SSSR count). The highest BCUT2D eigenvalue weighted by atomic mass is 19.1. The van der Waals surface area contributed by atoms with Gasteiger partial charge in [-0.15, -0.1) is 0 Å². The van der Waals surface area contributed by atoms with E-state index in [2.05, 4.69) is 27.4 Å². The van der Waals surface area contributed by atoms with Crippen molar-refractivity contribution < 1.29 is 4.39 Å². The highest BCUT2D eigenvalue weighted by Crippen LogP contribution is 2.13. The van der Waals surface area contributed by atoms with Gasteiger partial charge in [-0.1, -0.05) is 25.1 Å². The third kappa shape index (κ3) is 4.70. The van der Waals surface area contributed by atoms with E-state index in [0.717, 1.165) is 18.9 Å². The molecule has 1 aromatic carbocycles. The van der Waals surface area contributed by atoms with E-state index in [1.807, 2.05) is 6.07 Å². The summed E-state index contributed by atoms with van der Waals surface area (Å²) in [5.41, 5.74) is 0.650. The summed E-state index contributed by atoms with van der Waals surface area (Å²) in [4.78, 5) is 6.76. The van der Waals surface area contributed by atoms with Crippen molar-refractivity contribution >= 4 is 5.96 Å². The van der Waals surface area contributed by atoms with Crippen LogP contribution in [0, 0.1) is 5.82 Å². The molecule has 22 heavy (non-hydrogen) atoms. The standard InChI is InChI=1S/C17H27FN4/c1-3-15(22-10-6-7-11-22)13-21-17(19-2)20-12-14-8-4-5-9-16(14)18/h4-5,8-9,15H,3,6-7,10-13H2,1-2H3,(H2,19,20,21). The smallest absolute Gasteiger partial charge is 0.191 e. The van der Waals surface area contributed by atoms with Gasteiger partial charge in [-0.05, 0) is 38.4 Å². The summed E-state index contributed by atoms with van der Waals surface area (Å²) in [6.07, 6.45) is 3.73. The number of guanidine groups is 1. The van der Waals surface area contributed by atoms with E-state index in [-0.39, 0.29) is 5.82 Å². The average Bonchev–Trinajstić information content (AvgIpc) is 3.06. The van der Waals surface area contributed by atoms with E-state index in [1.54, 1.807) is 19.2 Å². The summed E-state index contributed by atoms with van der Waals surface area (Å²) in [5.74, 6) is 0.537. The minimum Gasteiger partial charge on any atom is -0.355 e. The molecule has 4 nitrogen and oxygen atoms in total. The van der Waals surface area contributed by atoms with Crippen LogP contribution in [0.1, 0.15) is 31.7 Å². The summed E-state index contributed by atoms with van der Waals surface area (Å²) in [6.45, 7) is 5.92. The molecule has 0 aromatic heterocycles. The Bertz CT molecular complexity index is 483. The van der Waals surface area contributed by atoms with Crippen molar-refractivity contribution in [3.8, 4) is 0 Å². The van der Waals surface area contributed by atoms with Crippen LogP contribution in [-0.2, 0) is 6.54 Å². The molecule has 1 aliphatic rings. The summed E-state index contributed by atoms with van der Waals surface area (Å²) in [5, 5.41) is 6.54. The molecular formula is C17H27FN4. The molecule has 1 aliphatic heterocycles. The van der Waals surface area contributed by atoms with Crippen molar-refractivity contribution in [1.82, 2.24) is 15.5 Å². The molecule has 1 saturated heterocycles. The van der Waals surface area contributed by atoms with E-state index in [9.17, 15) is 4.39 Å². The summed E-state index contributed by atoms with van der Waals surface area (Å²) in [6, 6.07) is 7.35. The van der Waals surface area contributed by atoms with Crippen LogP contribution < -0.4 is 10.6 Å². The third-order valence-electron chi connectivity index (χ3n) is 4.26. The largest absolute Gasteiger partial charge is 0.355 e. The Labute approximate surface area is 132 Å². The van der Waals surface area contributed by atoms with E-state index in [0.29, 0.717) is 18.2 Å². The Hall–Kier alpha value is -1.62. The topological polar surface area (TPSA) is 39.7 Å². The summed E-state index contributed by atoms with van der Waals surface area (Å²) < 4.78 is 13.6. The first-order valence-electron chi connectivity index (χ1n) is 8.16. The van der Waals surface area contributed by atoms with E-state index >= 15 is 0 Å². The first kappa shape index (κ1) is 16.7. The molecule has 0 bridgehead atoms. The molecule has 1 atom stereocenters. The van der Waals surface area contributed by atoms with Crippen LogP contribution in [-0.4, -0.2) is 43.6 Å². The van der Waals surface area contributed by atoms with E-state index < -0.39 is 0 Å². The third-order valence-corrected chi connectivity index (χ3v) is 4.26. The lowest BCUT2D eigenvalue weighted by Crippen LogP contribution is -2.46. The maximum Gasteiger partial charge on any atom is 0.191 e. The van der Waals surface area contributed by atoms with Crippen LogP contribution in [0.2, 0.25) is 0 Å². The Morgan fingerprint density at radius 2 is 2.00 bits per heavy atom. The predicted molar refractivity (Wildman–Crippen MR) is 89.5 cm³/mol. The van der Waals surface area contributed by atoms with Gasteiger partial charge in [-0.25, -0.2) is 4.39 Å². The van der Waals surface area contributed by atoms with Crippen molar-refractivity contribution in [2.75, 3.05) is 26.7 Å². The predicted octanol–water partition coefficient (Wildman–Crippen LogP) is 2.37. The monoisotopic (exact) mass is 306 g/mol. The molecule has 0 amide bonds. The van der Waals surface area contributed by atoms with Gasteiger partial charge in [0.05, 0.1) is 0 Å². The maximum absolute atomic E-state index is 13.6. The summed E-state index contributed by atoms with van der Waals surface area (Å²) >= 11 is 0. The number of likely N-dealkylation sites (tertiary alicyclic amines) is 1. The minimum absolute atomic E-state index is 0.186. The van der Waals surface area contributed by atoms with Gasteiger partial charge >= 0.3 is 0 Å². The number of benzene rings is 1. The van der Waals surface area contributed by atoms with Crippen LogP contribution in [0.15, 0.2) is 29.3 Å². The zero-order chi connectivity index (χ0) is 15.8. The second-order valence-electron chi connectivity index (χ2n) is 5.70. The van der Waals surface area contributed by atoms with Gasteiger partial charge in [0.1, 0.15) is 5.82 Å². The van der Waals surface area contributed by atoms with E-state index in [1.165, 1.54) is 32.0 Å². The first-order chi connectivity index (χ1) is 10.7. The number of rotatable bonds is 6. The lowest BCUT2D eigenvalue weighted by Gasteiger charge is -2.27.